The van der Waals surface area contributed by atoms with Crippen LogP contribution in [0.1, 0.15) is 21.7 Å². The second-order valence-corrected chi connectivity index (χ2v) is 7.51. The maximum atomic E-state index is 12.7. The van der Waals surface area contributed by atoms with E-state index in [1.807, 2.05) is 56.3 Å². The van der Waals surface area contributed by atoms with E-state index in [1.54, 1.807) is 11.0 Å². The molecule has 1 aliphatic heterocycles. The van der Waals surface area contributed by atoms with Gasteiger partial charge in [0.15, 0.2) is 5.76 Å². The van der Waals surface area contributed by atoms with Gasteiger partial charge in [0.1, 0.15) is 5.58 Å². The lowest BCUT2D eigenvalue weighted by Crippen LogP contribution is -2.50. The van der Waals surface area contributed by atoms with E-state index < -0.39 is 0 Å². The Kier molecular flexibility index (Phi) is 5.36. The predicted octanol–water partition coefficient (Wildman–Crippen LogP) is 3.45. The molecular formula is C23H25N3O3. The van der Waals surface area contributed by atoms with Crippen LogP contribution in [0.25, 0.3) is 11.0 Å². The highest BCUT2D eigenvalue weighted by molar-refractivity contribution is 5.96. The summed E-state index contributed by atoms with van der Waals surface area (Å²) in [6.45, 7) is 6.83. The quantitative estimate of drug-likeness (QED) is 0.740. The van der Waals surface area contributed by atoms with Crippen molar-refractivity contribution < 1.29 is 14.0 Å². The van der Waals surface area contributed by atoms with Gasteiger partial charge in [0.2, 0.25) is 5.91 Å². The van der Waals surface area contributed by atoms with E-state index in [9.17, 15) is 9.59 Å². The monoisotopic (exact) mass is 391 g/mol. The minimum absolute atomic E-state index is 0.0317. The van der Waals surface area contributed by atoms with Crippen LogP contribution >= 0.6 is 0 Å². The fourth-order valence-corrected chi connectivity index (χ4v) is 3.63. The van der Waals surface area contributed by atoms with Crippen molar-refractivity contribution in [1.29, 1.82) is 0 Å². The molecule has 6 heteroatoms. The Morgan fingerprint density at radius 2 is 1.76 bits per heavy atom. The zero-order chi connectivity index (χ0) is 20.4. The lowest BCUT2D eigenvalue weighted by Gasteiger charge is -2.33. The van der Waals surface area contributed by atoms with Crippen LogP contribution in [-0.2, 0) is 4.79 Å². The molecule has 29 heavy (non-hydrogen) atoms. The van der Waals surface area contributed by atoms with Crippen LogP contribution in [0.4, 0.5) is 5.69 Å². The number of nitrogens with one attached hydrogen (secondary N) is 1. The van der Waals surface area contributed by atoms with Crippen molar-refractivity contribution in [2.24, 2.45) is 0 Å². The molecule has 0 bridgehead atoms. The number of anilines is 1. The molecule has 1 aliphatic rings. The van der Waals surface area contributed by atoms with Crippen LogP contribution in [0.2, 0.25) is 0 Å². The number of rotatable bonds is 4. The Morgan fingerprint density at radius 3 is 2.52 bits per heavy atom. The molecular weight excluding hydrogens is 366 g/mol. The van der Waals surface area contributed by atoms with E-state index in [1.165, 1.54) is 0 Å². The smallest absolute Gasteiger partial charge is 0.289 e. The molecule has 4 rings (SSSR count). The standard InChI is InChI=1S/C23H25N3O3/c1-16-6-5-8-19(17(16)2)24-22(27)15-25-10-12-26(13-11-25)23(28)21-14-18-7-3-4-9-20(18)29-21/h3-9,14H,10-13,15H2,1-2H3,(H,24,27). The highest BCUT2D eigenvalue weighted by Gasteiger charge is 2.25. The van der Waals surface area contributed by atoms with E-state index >= 15 is 0 Å². The molecule has 0 aliphatic carbocycles. The summed E-state index contributed by atoms with van der Waals surface area (Å²) < 4.78 is 5.69. The highest BCUT2D eigenvalue weighted by Crippen LogP contribution is 2.21. The summed E-state index contributed by atoms with van der Waals surface area (Å²) in [6, 6.07) is 15.3. The zero-order valence-electron chi connectivity index (χ0n) is 16.8. The maximum absolute atomic E-state index is 12.7. The zero-order valence-corrected chi connectivity index (χ0v) is 16.8. The van der Waals surface area contributed by atoms with Gasteiger partial charge in [-0.05, 0) is 43.2 Å². The van der Waals surface area contributed by atoms with Crippen molar-refractivity contribution in [3.8, 4) is 0 Å². The van der Waals surface area contributed by atoms with Crippen molar-refractivity contribution in [2.45, 2.75) is 13.8 Å². The van der Waals surface area contributed by atoms with Gasteiger partial charge in [-0.3, -0.25) is 14.5 Å². The summed E-state index contributed by atoms with van der Waals surface area (Å²) in [5.74, 6) is 0.240. The molecule has 2 amide bonds. The molecule has 0 spiro atoms. The number of carbonyl (C=O) groups excluding carboxylic acids is 2. The average molecular weight is 391 g/mol. The molecule has 0 unspecified atom stereocenters. The second kappa shape index (κ2) is 8.09. The third-order valence-electron chi connectivity index (χ3n) is 5.54. The molecule has 1 aromatic heterocycles. The number of carbonyl (C=O) groups is 2. The Morgan fingerprint density at radius 1 is 1.00 bits per heavy atom. The number of fused-ring (bicyclic) bond motifs is 1. The fourth-order valence-electron chi connectivity index (χ4n) is 3.63. The van der Waals surface area contributed by atoms with Gasteiger partial charge in [0, 0.05) is 37.3 Å². The molecule has 0 atom stereocenters. The van der Waals surface area contributed by atoms with Crippen LogP contribution in [0, 0.1) is 13.8 Å². The van der Waals surface area contributed by atoms with E-state index in [2.05, 4.69) is 10.2 Å². The van der Waals surface area contributed by atoms with Gasteiger partial charge >= 0.3 is 0 Å². The molecule has 2 heterocycles. The number of hydrogen-bond donors (Lipinski definition) is 1. The van der Waals surface area contributed by atoms with Crippen molar-refractivity contribution in [3.63, 3.8) is 0 Å². The number of para-hydroxylation sites is 1. The Hall–Kier alpha value is -3.12. The first-order chi connectivity index (χ1) is 14.0. The first kappa shape index (κ1) is 19.2. The molecule has 6 nitrogen and oxygen atoms in total. The van der Waals surface area contributed by atoms with Crippen LogP contribution in [0.3, 0.4) is 0 Å². The third-order valence-corrected chi connectivity index (χ3v) is 5.54. The van der Waals surface area contributed by atoms with Crippen LogP contribution in [0.5, 0.6) is 0 Å². The minimum Gasteiger partial charge on any atom is -0.451 e. The van der Waals surface area contributed by atoms with Gasteiger partial charge in [0.05, 0.1) is 6.54 Å². The topological polar surface area (TPSA) is 65.8 Å². The summed E-state index contributed by atoms with van der Waals surface area (Å²) in [5.41, 5.74) is 3.81. The van der Waals surface area contributed by atoms with Gasteiger partial charge in [-0.25, -0.2) is 0 Å². The first-order valence-electron chi connectivity index (χ1n) is 9.87. The van der Waals surface area contributed by atoms with Crippen molar-refractivity contribution >= 4 is 28.5 Å². The lowest BCUT2D eigenvalue weighted by atomic mass is 10.1. The molecule has 0 saturated carbocycles. The predicted molar refractivity (Wildman–Crippen MR) is 113 cm³/mol. The number of furan rings is 1. The minimum atomic E-state index is -0.0966. The first-order valence-corrected chi connectivity index (χ1v) is 9.87. The molecule has 1 fully saturated rings. The van der Waals surface area contributed by atoms with Gasteiger partial charge < -0.3 is 14.6 Å². The maximum Gasteiger partial charge on any atom is 0.289 e. The van der Waals surface area contributed by atoms with E-state index in [0.717, 1.165) is 27.8 Å². The molecule has 150 valence electrons. The van der Waals surface area contributed by atoms with Gasteiger partial charge in [-0.2, -0.15) is 0 Å². The van der Waals surface area contributed by atoms with Gasteiger partial charge in [-0.15, -0.1) is 0 Å². The van der Waals surface area contributed by atoms with Crippen molar-refractivity contribution in [1.82, 2.24) is 9.80 Å². The fraction of sp³-hybridized carbons (Fsp3) is 0.304. The highest BCUT2D eigenvalue weighted by atomic mass is 16.3. The molecule has 2 aromatic carbocycles. The number of benzene rings is 2. The summed E-state index contributed by atoms with van der Waals surface area (Å²) in [4.78, 5) is 29.0. The Bertz CT molecular complexity index is 1020. The molecule has 3 aromatic rings. The molecule has 1 N–H and O–H groups in total. The van der Waals surface area contributed by atoms with Crippen molar-refractivity contribution in [3.05, 3.63) is 65.4 Å². The van der Waals surface area contributed by atoms with Crippen LogP contribution in [-0.4, -0.2) is 54.3 Å². The second-order valence-electron chi connectivity index (χ2n) is 7.51. The van der Waals surface area contributed by atoms with Gasteiger partial charge in [-0.1, -0.05) is 30.3 Å². The van der Waals surface area contributed by atoms with E-state index in [-0.39, 0.29) is 11.8 Å². The summed E-state index contributed by atoms with van der Waals surface area (Å²) in [7, 11) is 0. The Labute approximate surface area is 170 Å². The number of aryl methyl sites for hydroxylation is 1. The summed E-state index contributed by atoms with van der Waals surface area (Å²) in [5, 5.41) is 3.93. The van der Waals surface area contributed by atoms with E-state index in [4.69, 9.17) is 4.42 Å². The number of amides is 2. The van der Waals surface area contributed by atoms with E-state index in [0.29, 0.717) is 38.5 Å². The number of hydrogen-bond acceptors (Lipinski definition) is 4. The summed E-state index contributed by atoms with van der Waals surface area (Å²) >= 11 is 0. The average Bonchev–Trinajstić information content (AvgIpc) is 3.16. The number of piperazine rings is 1. The SMILES string of the molecule is Cc1cccc(NC(=O)CN2CCN(C(=O)c3cc4ccccc4o3)CC2)c1C. The largest absolute Gasteiger partial charge is 0.451 e. The van der Waals surface area contributed by atoms with Crippen LogP contribution in [0.15, 0.2) is 52.9 Å². The normalized spacial score (nSPS) is 14.9. The lowest BCUT2D eigenvalue weighted by molar-refractivity contribution is -0.117. The summed E-state index contributed by atoms with van der Waals surface area (Å²) in [6.07, 6.45) is 0. The van der Waals surface area contributed by atoms with Crippen LogP contribution < -0.4 is 5.32 Å². The Balaban J connectivity index is 1.31. The third kappa shape index (κ3) is 4.17. The van der Waals surface area contributed by atoms with Crippen molar-refractivity contribution in [2.75, 3.05) is 38.0 Å². The van der Waals surface area contributed by atoms with Gasteiger partial charge in [0.25, 0.3) is 5.91 Å². The molecule has 0 radical (unpaired) electrons. The molecule has 1 saturated heterocycles. The number of nitrogens with zero attached hydrogens (tertiary/aromatic N) is 2.